The van der Waals surface area contributed by atoms with Crippen LogP contribution in [0.15, 0.2) is 30.3 Å². The summed E-state index contributed by atoms with van der Waals surface area (Å²) in [7, 11) is 0. The molecule has 3 nitrogen and oxygen atoms in total. The van der Waals surface area contributed by atoms with Crippen molar-refractivity contribution in [3.63, 3.8) is 0 Å². The molecule has 1 aromatic carbocycles. The monoisotopic (exact) mass is 468 g/mol. The highest BCUT2D eigenvalue weighted by Crippen LogP contribution is 2.68. The van der Waals surface area contributed by atoms with E-state index in [1.165, 1.54) is 38.5 Å². The summed E-state index contributed by atoms with van der Waals surface area (Å²) in [4.78, 5) is 0. The van der Waals surface area contributed by atoms with Crippen molar-refractivity contribution in [3.8, 4) is 0 Å². The van der Waals surface area contributed by atoms with Gasteiger partial charge in [-0.1, -0.05) is 63.9 Å². The third-order valence-corrected chi connectivity index (χ3v) is 11.8. The molecule has 1 unspecified atom stereocenters. The Balaban J connectivity index is 1.22. The molecule has 4 aliphatic rings. The average Bonchev–Trinajstić information content (AvgIpc) is 3.19. The van der Waals surface area contributed by atoms with E-state index in [9.17, 15) is 15.3 Å². The molecule has 0 aliphatic heterocycles. The van der Waals surface area contributed by atoms with Crippen LogP contribution < -0.4 is 0 Å². The molecule has 4 fully saturated rings. The molecule has 0 amide bonds. The zero-order valence-corrected chi connectivity index (χ0v) is 21.7. The van der Waals surface area contributed by atoms with Gasteiger partial charge in [-0.15, -0.1) is 0 Å². The molecular formula is C31H48O3. The van der Waals surface area contributed by atoms with Crippen LogP contribution in [0.1, 0.15) is 103 Å². The standard InChI is InChI=1S/C31H48O3/c1-20(8-7-11-27(32)21-9-5-4-6-10-21)23-14-15-24-22-12-13-26-29(34)28(33)17-19-31(26,3)25(22)16-18-30(23,24)2/h4-6,9-10,20,22-29,32-34H,7-8,11-19H2,1-3H3/t20-,22+,23-,24+,25+,26+,27?,28+,29-,30-,31-/m1/s1. The summed E-state index contributed by atoms with van der Waals surface area (Å²) in [6.07, 6.45) is 11.4. The Labute approximate surface area is 207 Å². The average molecular weight is 469 g/mol. The predicted molar refractivity (Wildman–Crippen MR) is 137 cm³/mol. The second kappa shape index (κ2) is 9.52. The van der Waals surface area contributed by atoms with Crippen molar-refractivity contribution in [2.75, 3.05) is 0 Å². The molecule has 190 valence electrons. The Bertz CT molecular complexity index is 825. The first-order chi connectivity index (χ1) is 16.3. The van der Waals surface area contributed by atoms with E-state index >= 15 is 0 Å². The normalized spacial score (nSPS) is 45.6. The lowest BCUT2D eigenvalue weighted by Gasteiger charge is -2.62. The fourth-order valence-electron chi connectivity index (χ4n) is 9.97. The van der Waals surface area contributed by atoms with Crippen LogP contribution in [0, 0.1) is 46.3 Å². The fourth-order valence-corrected chi connectivity index (χ4v) is 9.97. The van der Waals surface area contributed by atoms with E-state index < -0.39 is 12.2 Å². The SMILES string of the molecule is C[C@H](CCCC(O)c1ccccc1)[C@H]1CC[C@H]2[C@@H]3CC[C@H]4[C@@H](O)[C@@H](O)CC[C@]4(C)[C@H]3CC[C@]12C. The van der Waals surface area contributed by atoms with Gasteiger partial charge in [-0.05, 0) is 110 Å². The molecule has 0 aromatic heterocycles. The first-order valence-corrected chi connectivity index (χ1v) is 14.3. The van der Waals surface area contributed by atoms with Crippen LogP contribution in [0.5, 0.6) is 0 Å². The molecular weight excluding hydrogens is 420 g/mol. The number of rotatable bonds is 6. The van der Waals surface area contributed by atoms with E-state index in [0.717, 1.165) is 61.3 Å². The summed E-state index contributed by atoms with van der Waals surface area (Å²) in [5, 5.41) is 31.7. The minimum atomic E-state index is -0.518. The number of aliphatic hydroxyl groups excluding tert-OH is 3. The lowest BCUT2D eigenvalue weighted by atomic mass is 9.44. The number of hydrogen-bond acceptors (Lipinski definition) is 3. The van der Waals surface area contributed by atoms with E-state index in [-0.39, 0.29) is 17.4 Å². The quantitative estimate of drug-likeness (QED) is 0.445. The molecule has 0 radical (unpaired) electrons. The zero-order chi connectivity index (χ0) is 24.1. The maximum atomic E-state index is 10.8. The van der Waals surface area contributed by atoms with Gasteiger partial charge in [0, 0.05) is 0 Å². The van der Waals surface area contributed by atoms with Gasteiger partial charge in [-0.25, -0.2) is 0 Å². The Morgan fingerprint density at radius 1 is 0.824 bits per heavy atom. The minimum absolute atomic E-state index is 0.209. The van der Waals surface area contributed by atoms with E-state index in [2.05, 4.69) is 20.8 Å². The molecule has 0 saturated heterocycles. The maximum absolute atomic E-state index is 10.8. The van der Waals surface area contributed by atoms with E-state index in [4.69, 9.17) is 0 Å². The lowest BCUT2D eigenvalue weighted by molar-refractivity contribution is -0.174. The van der Waals surface area contributed by atoms with Crippen molar-refractivity contribution >= 4 is 0 Å². The van der Waals surface area contributed by atoms with Crippen molar-refractivity contribution in [2.24, 2.45) is 46.3 Å². The topological polar surface area (TPSA) is 60.7 Å². The highest BCUT2D eigenvalue weighted by atomic mass is 16.3. The summed E-state index contributed by atoms with van der Waals surface area (Å²) in [6, 6.07) is 10.1. The smallest absolute Gasteiger partial charge is 0.0832 e. The van der Waals surface area contributed by atoms with Gasteiger partial charge in [-0.2, -0.15) is 0 Å². The number of hydrogen-bond donors (Lipinski definition) is 3. The van der Waals surface area contributed by atoms with Gasteiger partial charge in [0.05, 0.1) is 18.3 Å². The van der Waals surface area contributed by atoms with E-state index in [1.54, 1.807) is 0 Å². The number of benzene rings is 1. The molecule has 1 aromatic rings. The Morgan fingerprint density at radius 2 is 1.50 bits per heavy atom. The van der Waals surface area contributed by atoms with Crippen LogP contribution in [0.25, 0.3) is 0 Å². The lowest BCUT2D eigenvalue weighted by Crippen LogP contribution is -2.58. The third kappa shape index (κ3) is 4.08. The third-order valence-electron chi connectivity index (χ3n) is 11.8. The van der Waals surface area contributed by atoms with Crippen molar-refractivity contribution in [1.82, 2.24) is 0 Å². The van der Waals surface area contributed by atoms with Crippen LogP contribution in [0.3, 0.4) is 0 Å². The molecule has 34 heavy (non-hydrogen) atoms. The second-order valence-corrected chi connectivity index (χ2v) is 13.2. The van der Waals surface area contributed by atoms with E-state index in [0.29, 0.717) is 11.3 Å². The summed E-state index contributed by atoms with van der Waals surface area (Å²) >= 11 is 0. The van der Waals surface area contributed by atoms with Crippen LogP contribution in [0.2, 0.25) is 0 Å². The van der Waals surface area contributed by atoms with Crippen LogP contribution >= 0.6 is 0 Å². The molecule has 11 atom stereocenters. The predicted octanol–water partition coefficient (Wildman–Crippen LogP) is 6.52. The zero-order valence-electron chi connectivity index (χ0n) is 21.7. The molecule has 0 spiro atoms. The van der Waals surface area contributed by atoms with Crippen LogP contribution in [-0.4, -0.2) is 27.5 Å². The Morgan fingerprint density at radius 3 is 2.26 bits per heavy atom. The fraction of sp³-hybridized carbons (Fsp3) is 0.806. The maximum Gasteiger partial charge on any atom is 0.0832 e. The Hall–Kier alpha value is -0.900. The summed E-state index contributed by atoms with van der Waals surface area (Å²) in [5.74, 6) is 4.16. The minimum Gasteiger partial charge on any atom is -0.390 e. The summed E-state index contributed by atoms with van der Waals surface area (Å²) < 4.78 is 0. The van der Waals surface area contributed by atoms with Crippen molar-refractivity contribution < 1.29 is 15.3 Å². The summed E-state index contributed by atoms with van der Waals surface area (Å²) in [5.41, 5.74) is 1.71. The first-order valence-electron chi connectivity index (χ1n) is 14.3. The van der Waals surface area contributed by atoms with Gasteiger partial charge in [-0.3, -0.25) is 0 Å². The van der Waals surface area contributed by atoms with Crippen LogP contribution in [-0.2, 0) is 0 Å². The van der Waals surface area contributed by atoms with Gasteiger partial charge in [0.15, 0.2) is 0 Å². The van der Waals surface area contributed by atoms with Gasteiger partial charge >= 0.3 is 0 Å². The van der Waals surface area contributed by atoms with Gasteiger partial charge in [0.1, 0.15) is 0 Å². The van der Waals surface area contributed by atoms with Crippen molar-refractivity contribution in [3.05, 3.63) is 35.9 Å². The molecule has 3 N–H and O–H groups in total. The summed E-state index contributed by atoms with van der Waals surface area (Å²) in [6.45, 7) is 7.56. The molecule has 5 rings (SSSR count). The Kier molecular flexibility index (Phi) is 6.94. The highest BCUT2D eigenvalue weighted by molar-refractivity contribution is 5.17. The number of fused-ring (bicyclic) bond motifs is 5. The first kappa shape index (κ1) is 24.8. The molecule has 0 heterocycles. The van der Waals surface area contributed by atoms with Crippen LogP contribution in [0.4, 0.5) is 0 Å². The van der Waals surface area contributed by atoms with Crippen molar-refractivity contribution in [2.45, 2.75) is 110 Å². The van der Waals surface area contributed by atoms with Crippen molar-refractivity contribution in [1.29, 1.82) is 0 Å². The highest BCUT2D eigenvalue weighted by Gasteiger charge is 2.61. The molecule has 4 aliphatic carbocycles. The molecule has 0 bridgehead atoms. The van der Waals surface area contributed by atoms with E-state index in [1.807, 2.05) is 30.3 Å². The molecule has 4 saturated carbocycles. The largest absolute Gasteiger partial charge is 0.390 e. The molecule has 3 heteroatoms. The second-order valence-electron chi connectivity index (χ2n) is 13.2. The van der Waals surface area contributed by atoms with Gasteiger partial charge < -0.3 is 15.3 Å². The van der Waals surface area contributed by atoms with Gasteiger partial charge in [0.2, 0.25) is 0 Å². The number of aliphatic hydroxyl groups is 3. The van der Waals surface area contributed by atoms with Gasteiger partial charge in [0.25, 0.3) is 0 Å².